The van der Waals surface area contributed by atoms with Gasteiger partial charge in [-0.2, -0.15) is 0 Å². The number of halogens is 1. The summed E-state index contributed by atoms with van der Waals surface area (Å²) in [5.41, 5.74) is 0. The second kappa shape index (κ2) is 26.1. The fourth-order valence-corrected chi connectivity index (χ4v) is 7.54. The van der Waals surface area contributed by atoms with Crippen molar-refractivity contribution in [2.24, 2.45) is 0 Å². The van der Waals surface area contributed by atoms with Crippen LogP contribution in [0.5, 0.6) is 0 Å². The van der Waals surface area contributed by atoms with E-state index in [0.29, 0.717) is 0 Å². The minimum absolute atomic E-state index is 1.37. The second-order valence-electron chi connectivity index (χ2n) is 13.5. The number of unbranched alkanes of at least 4 members (excludes halogenated alkanes) is 28. The quantitative estimate of drug-likeness (QED) is 0.0576. The van der Waals surface area contributed by atoms with E-state index in [4.69, 9.17) is 0 Å². The number of hydrogen-bond acceptors (Lipinski definition) is 0. The van der Waals surface area contributed by atoms with Crippen molar-refractivity contribution in [1.82, 2.24) is 0 Å². The maximum absolute atomic E-state index is 3.98. The topological polar surface area (TPSA) is 0 Å². The molecule has 0 radical (unpaired) electrons. The Labute approximate surface area is 239 Å². The summed E-state index contributed by atoms with van der Waals surface area (Å²) >= 11 is 3.98. The van der Waals surface area contributed by atoms with Gasteiger partial charge in [-0.1, -0.05) is 122 Å². The molecule has 0 N–H and O–H groups in total. The van der Waals surface area contributed by atoms with Gasteiger partial charge in [-0.05, 0) is 0 Å². The van der Waals surface area contributed by atoms with Gasteiger partial charge >= 0.3 is 118 Å². The summed E-state index contributed by atoms with van der Waals surface area (Å²) in [6, 6.07) is 0. The van der Waals surface area contributed by atoms with Crippen LogP contribution in [0.2, 0.25) is 0 Å². The molecular formula is C34H72BrP. The Bertz CT molecular complexity index is 415. The van der Waals surface area contributed by atoms with E-state index < -0.39 is 5.31 Å². The summed E-state index contributed by atoms with van der Waals surface area (Å²) in [7, 11) is 0. The minimum atomic E-state index is -1.42. The molecule has 0 aliphatic carbocycles. The van der Waals surface area contributed by atoms with Gasteiger partial charge < -0.3 is 0 Å². The van der Waals surface area contributed by atoms with Crippen molar-refractivity contribution in [2.75, 3.05) is 26.2 Å². The Morgan fingerprint density at radius 1 is 0.306 bits per heavy atom. The third-order valence-electron chi connectivity index (χ3n) is 8.02. The number of rotatable bonds is 30. The first kappa shape index (κ1) is 36.9. The first-order valence-corrected chi connectivity index (χ1v) is 22.8. The molecule has 0 saturated heterocycles. The molecule has 0 amide bonds. The van der Waals surface area contributed by atoms with Gasteiger partial charge in [0.05, 0.1) is 0 Å². The standard InChI is InChI=1S/C34H72BrP/c1-5-6-7-8-9-10-11-12-13-14-15-16-17-18-19-20-21-22-23-24-25-26-27-28-29-30-31-32-33-34-36(2,3,4)35/h5-34H2,1-4H3. The van der Waals surface area contributed by atoms with E-state index >= 15 is 0 Å². The molecule has 0 rings (SSSR count). The normalized spacial score (nSPS) is 13.2. The zero-order chi connectivity index (χ0) is 26.7. The third-order valence-corrected chi connectivity index (χ3v) is 10.9. The van der Waals surface area contributed by atoms with Gasteiger partial charge in [-0.3, -0.25) is 0 Å². The summed E-state index contributed by atoms with van der Waals surface area (Å²) in [6.45, 7) is 9.62. The van der Waals surface area contributed by atoms with E-state index in [2.05, 4.69) is 42.4 Å². The van der Waals surface area contributed by atoms with Crippen LogP contribution in [-0.2, 0) is 0 Å². The fourth-order valence-electron chi connectivity index (χ4n) is 5.49. The second-order valence-corrected chi connectivity index (χ2v) is 27.7. The first-order chi connectivity index (χ1) is 17.3. The zero-order valence-electron chi connectivity index (χ0n) is 26.0. The molecule has 0 saturated carbocycles. The van der Waals surface area contributed by atoms with Gasteiger partial charge in [-0.15, -0.1) is 0 Å². The van der Waals surface area contributed by atoms with Gasteiger partial charge in [-0.25, -0.2) is 0 Å². The van der Waals surface area contributed by atoms with E-state index in [0.717, 1.165) is 0 Å². The molecular weight excluding hydrogens is 519 g/mol. The molecule has 2 heteroatoms. The average molecular weight is 592 g/mol. The Hall–Kier alpha value is 0.910. The molecule has 0 heterocycles. The molecule has 0 atom stereocenters. The van der Waals surface area contributed by atoms with Gasteiger partial charge in [0.2, 0.25) is 0 Å². The first-order valence-electron chi connectivity index (χ1n) is 17.0. The molecule has 0 fully saturated rings. The Morgan fingerprint density at radius 3 is 0.639 bits per heavy atom. The van der Waals surface area contributed by atoms with Crippen molar-refractivity contribution in [3.05, 3.63) is 0 Å². The monoisotopic (exact) mass is 590 g/mol. The van der Waals surface area contributed by atoms with Gasteiger partial charge in [0.25, 0.3) is 0 Å². The molecule has 36 heavy (non-hydrogen) atoms. The van der Waals surface area contributed by atoms with Crippen molar-refractivity contribution in [2.45, 2.75) is 193 Å². The summed E-state index contributed by atoms with van der Waals surface area (Å²) in [4.78, 5) is 0. The molecule has 0 nitrogen and oxygen atoms in total. The SMILES string of the molecule is CCCCCCCCCCCCCCCCCCCCCCCCCCCCCCCP(C)(C)(C)Br. The molecule has 0 unspecified atom stereocenters. The molecule has 0 aromatic carbocycles. The van der Waals surface area contributed by atoms with Crippen LogP contribution in [0.15, 0.2) is 0 Å². The average Bonchev–Trinajstić information content (AvgIpc) is 2.82. The van der Waals surface area contributed by atoms with Crippen LogP contribution in [0, 0.1) is 0 Å². The zero-order valence-corrected chi connectivity index (χ0v) is 28.5. The predicted octanol–water partition coefficient (Wildman–Crippen LogP) is 14.1. The summed E-state index contributed by atoms with van der Waals surface area (Å²) in [5, 5.41) is -1.42. The van der Waals surface area contributed by atoms with Crippen molar-refractivity contribution < 1.29 is 0 Å². The van der Waals surface area contributed by atoms with Crippen LogP contribution in [0.1, 0.15) is 193 Å². The van der Waals surface area contributed by atoms with Crippen LogP contribution < -0.4 is 0 Å². The molecule has 0 bridgehead atoms. The summed E-state index contributed by atoms with van der Waals surface area (Å²) in [5.74, 6) is 0. The number of hydrogen-bond donors (Lipinski definition) is 0. The van der Waals surface area contributed by atoms with Crippen molar-refractivity contribution in [3.63, 3.8) is 0 Å². The van der Waals surface area contributed by atoms with Crippen LogP contribution in [-0.4, -0.2) is 26.2 Å². The molecule has 0 aromatic rings. The molecule has 0 aliphatic heterocycles. The van der Waals surface area contributed by atoms with Crippen LogP contribution in [0.4, 0.5) is 0 Å². The van der Waals surface area contributed by atoms with E-state index in [1.807, 2.05) is 0 Å². The van der Waals surface area contributed by atoms with Gasteiger partial charge in [0, 0.05) is 0 Å². The Morgan fingerprint density at radius 2 is 0.472 bits per heavy atom. The van der Waals surface area contributed by atoms with E-state index in [-0.39, 0.29) is 0 Å². The maximum atomic E-state index is 3.98. The predicted molar refractivity (Wildman–Crippen MR) is 178 cm³/mol. The van der Waals surface area contributed by atoms with Crippen molar-refractivity contribution in [1.29, 1.82) is 0 Å². The molecule has 220 valence electrons. The van der Waals surface area contributed by atoms with E-state index in [1.54, 1.807) is 0 Å². The van der Waals surface area contributed by atoms with Crippen LogP contribution in [0.25, 0.3) is 0 Å². The van der Waals surface area contributed by atoms with E-state index in [9.17, 15) is 0 Å². The summed E-state index contributed by atoms with van der Waals surface area (Å²) in [6.07, 6.45) is 44.2. The molecule has 0 spiro atoms. The third kappa shape index (κ3) is 34.9. The van der Waals surface area contributed by atoms with Crippen LogP contribution >= 0.6 is 20.8 Å². The van der Waals surface area contributed by atoms with Gasteiger partial charge in [0.15, 0.2) is 0 Å². The molecule has 0 aliphatic rings. The van der Waals surface area contributed by atoms with Crippen molar-refractivity contribution in [3.8, 4) is 0 Å². The van der Waals surface area contributed by atoms with Crippen LogP contribution in [0.3, 0.4) is 0 Å². The van der Waals surface area contributed by atoms with Crippen molar-refractivity contribution >= 4 is 20.8 Å². The summed E-state index contributed by atoms with van der Waals surface area (Å²) < 4.78 is 0. The van der Waals surface area contributed by atoms with E-state index in [1.165, 1.54) is 192 Å². The van der Waals surface area contributed by atoms with Gasteiger partial charge in [0.1, 0.15) is 0 Å². The molecule has 0 aromatic heterocycles. The Kier molecular flexibility index (Phi) is 26.8. The Balaban J connectivity index is 3.07. The fraction of sp³-hybridized carbons (Fsp3) is 1.00.